The third-order valence-corrected chi connectivity index (χ3v) is 6.34. The third kappa shape index (κ3) is 1.92. The number of hydrogen-bond donors (Lipinski definition) is 0. The van der Waals surface area contributed by atoms with E-state index in [0.29, 0.717) is 18.0 Å². The van der Waals surface area contributed by atoms with Gasteiger partial charge in [-0.05, 0) is 30.7 Å². The predicted octanol–water partition coefficient (Wildman–Crippen LogP) is 2.02. The highest BCUT2D eigenvalue weighted by molar-refractivity contribution is 7.89. The Kier molecular flexibility index (Phi) is 2.70. The number of nitrogens with zero attached hydrogens (tertiary/aromatic N) is 1. The lowest BCUT2D eigenvalue weighted by molar-refractivity contribution is 0.0316. The van der Waals surface area contributed by atoms with Crippen LogP contribution in [0, 0.1) is 6.92 Å². The maximum Gasteiger partial charge on any atom is 0.243 e. The maximum atomic E-state index is 12.8. The molecule has 5 heteroatoms. The number of sulfonamides is 1. The van der Waals surface area contributed by atoms with Crippen molar-refractivity contribution >= 4 is 10.0 Å². The van der Waals surface area contributed by atoms with Gasteiger partial charge in [0.05, 0.1) is 17.5 Å². The van der Waals surface area contributed by atoms with Crippen molar-refractivity contribution in [1.29, 1.82) is 0 Å². The van der Waals surface area contributed by atoms with E-state index in [1.165, 1.54) is 9.88 Å². The van der Waals surface area contributed by atoms with Crippen LogP contribution >= 0.6 is 0 Å². The lowest BCUT2D eigenvalue weighted by Gasteiger charge is -2.35. The molecule has 0 N–H and O–H groups in total. The zero-order valence-corrected chi connectivity index (χ0v) is 12.6. The van der Waals surface area contributed by atoms with Crippen LogP contribution < -0.4 is 0 Å². The van der Waals surface area contributed by atoms with Gasteiger partial charge in [-0.1, -0.05) is 29.8 Å². The zero-order chi connectivity index (χ0) is 14.7. The van der Waals surface area contributed by atoms with E-state index >= 15 is 0 Å². The van der Waals surface area contributed by atoms with E-state index in [1.807, 2.05) is 37.3 Å². The first-order valence-electron chi connectivity index (χ1n) is 7.13. The molecule has 3 aliphatic rings. The second kappa shape index (κ2) is 4.29. The Morgan fingerprint density at radius 2 is 2.05 bits per heavy atom. The van der Waals surface area contributed by atoms with E-state index in [2.05, 4.69) is 0 Å². The molecule has 2 atom stereocenters. The van der Waals surface area contributed by atoms with E-state index in [9.17, 15) is 8.42 Å². The second-order valence-electron chi connectivity index (χ2n) is 5.95. The molecular formula is C16H17NO3S. The number of benzene rings is 1. The Labute approximate surface area is 124 Å². The summed E-state index contributed by atoms with van der Waals surface area (Å²) in [5, 5.41) is 0. The van der Waals surface area contributed by atoms with Crippen molar-refractivity contribution in [3.05, 3.63) is 53.6 Å². The Balaban J connectivity index is 1.69. The maximum absolute atomic E-state index is 12.8. The number of rotatable bonds is 2. The van der Waals surface area contributed by atoms with Crippen LogP contribution in [-0.4, -0.2) is 37.5 Å². The largest absolute Gasteiger partial charge is 0.357 e. The van der Waals surface area contributed by atoms with Crippen LogP contribution in [0.1, 0.15) is 12.0 Å². The average Bonchev–Trinajstić information content (AvgIpc) is 3.03. The molecule has 4 nitrogen and oxygen atoms in total. The molecule has 0 saturated carbocycles. The van der Waals surface area contributed by atoms with Crippen molar-refractivity contribution < 1.29 is 13.2 Å². The summed E-state index contributed by atoms with van der Waals surface area (Å²) in [4.78, 5) is 0.345. The predicted molar refractivity (Wildman–Crippen MR) is 79.4 cm³/mol. The normalized spacial score (nSPS) is 31.3. The molecule has 0 aromatic heterocycles. The van der Waals surface area contributed by atoms with Gasteiger partial charge in [-0.2, -0.15) is 4.31 Å². The van der Waals surface area contributed by atoms with Crippen molar-refractivity contribution in [2.24, 2.45) is 0 Å². The monoisotopic (exact) mass is 303 g/mol. The van der Waals surface area contributed by atoms with Crippen LogP contribution in [0.4, 0.5) is 0 Å². The van der Waals surface area contributed by atoms with Crippen molar-refractivity contribution in [3.63, 3.8) is 0 Å². The summed E-state index contributed by atoms with van der Waals surface area (Å²) < 4.78 is 33.0. The van der Waals surface area contributed by atoms with Crippen molar-refractivity contribution in [1.82, 2.24) is 4.31 Å². The number of ether oxygens (including phenoxy) is 1. The number of aryl methyl sites for hydroxylation is 1. The van der Waals surface area contributed by atoms with Gasteiger partial charge in [-0.3, -0.25) is 0 Å². The first kappa shape index (κ1) is 13.2. The Hall–Kier alpha value is -1.43. The summed E-state index contributed by atoms with van der Waals surface area (Å²) in [5.41, 5.74) is 1.76. The molecular weight excluding hydrogens is 286 g/mol. The summed E-state index contributed by atoms with van der Waals surface area (Å²) in [6, 6.07) is 7.00. The summed E-state index contributed by atoms with van der Waals surface area (Å²) in [7, 11) is -3.47. The molecule has 0 aliphatic carbocycles. The van der Waals surface area contributed by atoms with Gasteiger partial charge in [0.1, 0.15) is 5.60 Å². The highest BCUT2D eigenvalue weighted by atomic mass is 32.2. The summed E-state index contributed by atoms with van der Waals surface area (Å²) >= 11 is 0. The quantitative estimate of drug-likeness (QED) is 0.785. The fraction of sp³-hybridized carbons (Fsp3) is 0.375. The highest BCUT2D eigenvalue weighted by Crippen LogP contribution is 2.45. The molecule has 21 heavy (non-hydrogen) atoms. The van der Waals surface area contributed by atoms with Crippen molar-refractivity contribution in [2.45, 2.75) is 29.9 Å². The van der Waals surface area contributed by atoms with Gasteiger partial charge in [0.15, 0.2) is 0 Å². The van der Waals surface area contributed by atoms with Crippen LogP contribution in [0.15, 0.2) is 53.0 Å². The van der Waals surface area contributed by atoms with Crippen LogP contribution in [0.25, 0.3) is 0 Å². The fourth-order valence-electron chi connectivity index (χ4n) is 3.32. The minimum absolute atomic E-state index is 0.123. The first-order valence-corrected chi connectivity index (χ1v) is 8.57. The van der Waals surface area contributed by atoms with Crippen molar-refractivity contribution in [3.8, 4) is 0 Å². The Morgan fingerprint density at radius 3 is 2.76 bits per heavy atom. The Morgan fingerprint density at radius 1 is 1.29 bits per heavy atom. The van der Waals surface area contributed by atoms with Gasteiger partial charge in [0.2, 0.25) is 10.0 Å². The van der Waals surface area contributed by atoms with Crippen LogP contribution in [0.3, 0.4) is 0 Å². The summed E-state index contributed by atoms with van der Waals surface area (Å²) in [6.07, 6.45) is 7.09. The molecule has 1 spiro atoms. The standard InChI is InChI=1S/C16H17NO3S/c1-12-2-4-15(5-3-12)21(18,19)17-9-7-13-10-14-6-8-16(13,11-17)20-14/h2-8,14H,9-11H2,1H3/t14-,16-/m0/s1. The van der Waals surface area contributed by atoms with Crippen LogP contribution in [0.5, 0.6) is 0 Å². The summed E-state index contributed by atoms with van der Waals surface area (Å²) in [6.45, 7) is 2.75. The van der Waals surface area contributed by atoms with E-state index in [4.69, 9.17) is 4.74 Å². The molecule has 110 valence electrons. The van der Waals surface area contributed by atoms with E-state index < -0.39 is 15.6 Å². The average molecular weight is 303 g/mol. The molecule has 1 aromatic carbocycles. The van der Waals surface area contributed by atoms with Gasteiger partial charge in [-0.15, -0.1) is 0 Å². The molecule has 3 aliphatic heterocycles. The van der Waals surface area contributed by atoms with E-state index in [-0.39, 0.29) is 6.10 Å². The van der Waals surface area contributed by atoms with E-state index in [0.717, 1.165) is 12.0 Å². The molecule has 1 aromatic rings. The second-order valence-corrected chi connectivity index (χ2v) is 7.89. The molecule has 0 unspecified atom stereocenters. The lowest BCUT2D eigenvalue weighted by Crippen LogP contribution is -2.47. The molecule has 1 saturated heterocycles. The summed E-state index contributed by atoms with van der Waals surface area (Å²) in [5.74, 6) is 0. The topological polar surface area (TPSA) is 46.6 Å². The molecule has 1 fully saturated rings. The minimum atomic E-state index is -3.47. The molecule has 2 bridgehead atoms. The van der Waals surface area contributed by atoms with Crippen LogP contribution in [-0.2, 0) is 14.8 Å². The van der Waals surface area contributed by atoms with Gasteiger partial charge < -0.3 is 4.74 Å². The van der Waals surface area contributed by atoms with Gasteiger partial charge in [0, 0.05) is 13.0 Å². The lowest BCUT2D eigenvalue weighted by atomic mass is 9.86. The smallest absolute Gasteiger partial charge is 0.243 e. The zero-order valence-electron chi connectivity index (χ0n) is 11.8. The fourth-order valence-corrected chi connectivity index (χ4v) is 4.73. The van der Waals surface area contributed by atoms with Crippen molar-refractivity contribution in [2.75, 3.05) is 13.1 Å². The number of hydrogen-bond acceptors (Lipinski definition) is 3. The molecule has 4 rings (SSSR count). The van der Waals surface area contributed by atoms with Gasteiger partial charge in [0.25, 0.3) is 0 Å². The van der Waals surface area contributed by atoms with Gasteiger partial charge in [-0.25, -0.2) is 8.42 Å². The third-order valence-electron chi connectivity index (χ3n) is 4.52. The SMILES string of the molecule is Cc1ccc(S(=O)(=O)N2CC=C3C[C@@H]4C=C[C@@]3(C2)O4)cc1. The molecule has 3 heterocycles. The minimum Gasteiger partial charge on any atom is -0.357 e. The first-order chi connectivity index (χ1) is 9.99. The van der Waals surface area contributed by atoms with E-state index in [1.54, 1.807) is 12.1 Å². The Bertz CT molecular complexity index is 748. The van der Waals surface area contributed by atoms with Gasteiger partial charge >= 0.3 is 0 Å². The molecule has 0 radical (unpaired) electrons. The van der Waals surface area contributed by atoms with Crippen LogP contribution in [0.2, 0.25) is 0 Å². The number of fused-ring (bicyclic) bond motifs is 1. The highest BCUT2D eigenvalue weighted by Gasteiger charge is 2.50. The molecule has 0 amide bonds.